The van der Waals surface area contributed by atoms with Crippen LogP contribution in [0.3, 0.4) is 0 Å². The second-order valence-electron chi connectivity index (χ2n) is 8.25. The van der Waals surface area contributed by atoms with E-state index in [2.05, 4.69) is 10.3 Å². The number of rotatable bonds is 5. The van der Waals surface area contributed by atoms with Gasteiger partial charge in [-0.25, -0.2) is 0 Å². The van der Waals surface area contributed by atoms with Gasteiger partial charge < -0.3 is 10.1 Å². The lowest BCUT2D eigenvalue weighted by atomic mass is 9.68. The Morgan fingerprint density at radius 2 is 1.83 bits per heavy atom. The molecule has 0 spiro atoms. The summed E-state index contributed by atoms with van der Waals surface area (Å²) in [6.45, 7) is 3.97. The molecule has 156 valence electrons. The van der Waals surface area contributed by atoms with Gasteiger partial charge in [-0.3, -0.25) is 9.78 Å². The van der Waals surface area contributed by atoms with Crippen LogP contribution in [0.25, 0.3) is 10.9 Å². The van der Waals surface area contributed by atoms with Gasteiger partial charge in [-0.05, 0) is 62.6 Å². The first-order chi connectivity index (χ1) is 14.5. The van der Waals surface area contributed by atoms with E-state index in [1.807, 2.05) is 62.4 Å². The predicted molar refractivity (Wildman–Crippen MR) is 122 cm³/mol. The van der Waals surface area contributed by atoms with E-state index in [0.29, 0.717) is 5.02 Å². The van der Waals surface area contributed by atoms with Crippen LogP contribution < -0.4 is 10.1 Å². The van der Waals surface area contributed by atoms with E-state index in [4.69, 9.17) is 16.3 Å². The summed E-state index contributed by atoms with van der Waals surface area (Å²) >= 11 is 6.55. The molecule has 0 atom stereocenters. The lowest BCUT2D eigenvalue weighted by Crippen LogP contribution is -2.42. The number of benzene rings is 2. The molecule has 0 radical (unpaired) electrons. The van der Waals surface area contributed by atoms with Crippen LogP contribution in [0.15, 0.2) is 54.7 Å². The van der Waals surface area contributed by atoms with Gasteiger partial charge in [0, 0.05) is 16.6 Å². The van der Waals surface area contributed by atoms with Crippen molar-refractivity contribution in [1.29, 1.82) is 0 Å². The van der Waals surface area contributed by atoms with E-state index in [1.54, 1.807) is 6.20 Å². The fourth-order valence-corrected chi connectivity index (χ4v) is 4.79. The van der Waals surface area contributed by atoms with Crippen LogP contribution in [0, 0.1) is 0 Å². The fraction of sp³-hybridized carbons (Fsp3) is 0.360. The molecule has 2 aromatic carbocycles. The van der Waals surface area contributed by atoms with Gasteiger partial charge in [0.15, 0.2) is 0 Å². The summed E-state index contributed by atoms with van der Waals surface area (Å²) in [4.78, 5) is 18.2. The second kappa shape index (κ2) is 8.65. The molecule has 1 amide bonds. The first-order valence-corrected chi connectivity index (χ1v) is 11.0. The monoisotopic (exact) mass is 422 g/mol. The smallest absolute Gasteiger partial charge is 0.235 e. The minimum absolute atomic E-state index is 0.00187. The Morgan fingerprint density at radius 1 is 1.07 bits per heavy atom. The number of halogens is 1. The molecule has 4 rings (SSSR count). The number of nitrogens with one attached hydrogen (secondary N) is 1. The molecule has 5 heteroatoms. The third-order valence-corrected chi connectivity index (χ3v) is 6.20. The molecule has 1 heterocycles. The minimum atomic E-state index is -0.613. The molecule has 0 saturated heterocycles. The average molecular weight is 423 g/mol. The molecule has 0 bridgehead atoms. The molecule has 1 aliphatic rings. The molecule has 0 aliphatic heterocycles. The number of aromatic nitrogens is 1. The van der Waals surface area contributed by atoms with Gasteiger partial charge in [-0.2, -0.15) is 0 Å². The summed E-state index contributed by atoms with van der Waals surface area (Å²) < 4.78 is 5.92. The summed E-state index contributed by atoms with van der Waals surface area (Å²) in [5.41, 5.74) is 1.81. The van der Waals surface area contributed by atoms with Gasteiger partial charge in [0.25, 0.3) is 0 Å². The van der Waals surface area contributed by atoms with Crippen molar-refractivity contribution in [3.05, 3.63) is 65.3 Å². The molecular formula is C25H27ClN2O2. The number of carbonyl (C=O) groups is 1. The Bertz CT molecular complexity index is 1060. The molecule has 3 aromatic rings. The average Bonchev–Trinajstić information content (AvgIpc) is 2.76. The largest absolute Gasteiger partial charge is 0.489 e. The number of hydrogen-bond donors (Lipinski definition) is 1. The Kier molecular flexibility index (Phi) is 5.96. The lowest BCUT2D eigenvalue weighted by Gasteiger charge is -2.37. The molecule has 30 heavy (non-hydrogen) atoms. The third-order valence-electron chi connectivity index (χ3n) is 5.87. The number of ether oxygens (including phenoxy) is 1. The molecule has 1 saturated carbocycles. The quantitative estimate of drug-likeness (QED) is 0.509. The number of pyridine rings is 1. The molecule has 1 aromatic heterocycles. The van der Waals surface area contributed by atoms with Crippen molar-refractivity contribution >= 4 is 34.1 Å². The van der Waals surface area contributed by atoms with Crippen molar-refractivity contribution in [1.82, 2.24) is 4.98 Å². The van der Waals surface area contributed by atoms with Crippen molar-refractivity contribution in [2.45, 2.75) is 57.5 Å². The van der Waals surface area contributed by atoms with Crippen LogP contribution in [0.2, 0.25) is 5.02 Å². The van der Waals surface area contributed by atoms with Crippen LogP contribution in [0.1, 0.15) is 51.5 Å². The highest BCUT2D eigenvalue weighted by atomic mass is 35.5. The standard InChI is InChI=1S/C25H27ClN2O2/c1-17(2)30-22-13-12-21(18-9-8-16-27-23(18)22)28-24(29)25(14-6-3-7-15-25)19-10-4-5-11-20(19)26/h4-5,8-13,16-17H,3,6-7,14-15H2,1-2H3,(H,28,29). The number of nitrogens with zero attached hydrogens (tertiary/aromatic N) is 1. The SMILES string of the molecule is CC(C)Oc1ccc(NC(=O)C2(c3ccccc3Cl)CCCCC2)c2cccnc12. The zero-order valence-corrected chi connectivity index (χ0v) is 18.2. The molecule has 0 unspecified atom stereocenters. The summed E-state index contributed by atoms with van der Waals surface area (Å²) in [7, 11) is 0. The zero-order chi connectivity index (χ0) is 21.1. The Morgan fingerprint density at radius 3 is 2.57 bits per heavy atom. The zero-order valence-electron chi connectivity index (χ0n) is 17.5. The highest BCUT2D eigenvalue weighted by Crippen LogP contribution is 2.43. The third kappa shape index (κ3) is 3.89. The van der Waals surface area contributed by atoms with Gasteiger partial charge in [0.2, 0.25) is 5.91 Å². The van der Waals surface area contributed by atoms with Crippen LogP contribution in [-0.2, 0) is 10.2 Å². The first kappa shape index (κ1) is 20.7. The van der Waals surface area contributed by atoms with Crippen molar-refractivity contribution in [3.63, 3.8) is 0 Å². The Hall–Kier alpha value is -2.59. The number of hydrogen-bond acceptors (Lipinski definition) is 3. The fourth-order valence-electron chi connectivity index (χ4n) is 4.47. The van der Waals surface area contributed by atoms with Gasteiger partial charge in [0.05, 0.1) is 17.2 Å². The first-order valence-electron chi connectivity index (χ1n) is 10.6. The van der Waals surface area contributed by atoms with Gasteiger partial charge in [0.1, 0.15) is 11.3 Å². The summed E-state index contributed by atoms with van der Waals surface area (Å²) in [5, 5.41) is 4.73. The molecule has 1 N–H and O–H groups in total. The lowest BCUT2D eigenvalue weighted by molar-refractivity contribution is -0.122. The van der Waals surface area contributed by atoms with E-state index in [-0.39, 0.29) is 12.0 Å². The summed E-state index contributed by atoms with van der Waals surface area (Å²) in [6.07, 6.45) is 6.56. The maximum Gasteiger partial charge on any atom is 0.235 e. The van der Waals surface area contributed by atoms with Crippen LogP contribution in [-0.4, -0.2) is 17.0 Å². The van der Waals surface area contributed by atoms with Crippen molar-refractivity contribution in [2.24, 2.45) is 0 Å². The maximum absolute atomic E-state index is 13.7. The predicted octanol–water partition coefficient (Wildman–Crippen LogP) is 6.52. The normalized spacial score (nSPS) is 15.9. The van der Waals surface area contributed by atoms with E-state index in [9.17, 15) is 4.79 Å². The van der Waals surface area contributed by atoms with Crippen molar-refractivity contribution in [2.75, 3.05) is 5.32 Å². The summed E-state index contributed by atoms with van der Waals surface area (Å²) in [6, 6.07) is 15.4. The van der Waals surface area contributed by atoms with E-state index in [1.165, 1.54) is 0 Å². The van der Waals surface area contributed by atoms with Gasteiger partial charge in [-0.1, -0.05) is 49.1 Å². The molecule has 1 fully saturated rings. The number of fused-ring (bicyclic) bond motifs is 1. The van der Waals surface area contributed by atoms with Crippen molar-refractivity contribution in [3.8, 4) is 5.75 Å². The van der Waals surface area contributed by atoms with Gasteiger partial charge >= 0.3 is 0 Å². The Balaban J connectivity index is 1.73. The van der Waals surface area contributed by atoms with Crippen LogP contribution >= 0.6 is 11.6 Å². The van der Waals surface area contributed by atoms with Crippen LogP contribution in [0.5, 0.6) is 5.75 Å². The Labute approximate surface area is 182 Å². The van der Waals surface area contributed by atoms with E-state index < -0.39 is 5.41 Å². The second-order valence-corrected chi connectivity index (χ2v) is 8.66. The minimum Gasteiger partial charge on any atom is -0.489 e. The topological polar surface area (TPSA) is 51.2 Å². The number of anilines is 1. The molecule has 4 nitrogen and oxygen atoms in total. The number of amides is 1. The number of carbonyl (C=O) groups excluding carboxylic acids is 1. The van der Waals surface area contributed by atoms with Crippen molar-refractivity contribution < 1.29 is 9.53 Å². The summed E-state index contributed by atoms with van der Waals surface area (Å²) in [5.74, 6) is 0.718. The molecule has 1 aliphatic carbocycles. The highest BCUT2D eigenvalue weighted by Gasteiger charge is 2.42. The van der Waals surface area contributed by atoms with Crippen LogP contribution in [0.4, 0.5) is 5.69 Å². The maximum atomic E-state index is 13.7. The van der Waals surface area contributed by atoms with E-state index >= 15 is 0 Å². The molecular weight excluding hydrogens is 396 g/mol. The van der Waals surface area contributed by atoms with E-state index in [0.717, 1.165) is 60.0 Å². The van der Waals surface area contributed by atoms with Gasteiger partial charge in [-0.15, -0.1) is 0 Å². The highest BCUT2D eigenvalue weighted by molar-refractivity contribution is 6.32.